The summed E-state index contributed by atoms with van der Waals surface area (Å²) in [4.78, 5) is 31.3. The Morgan fingerprint density at radius 3 is 2.22 bits per heavy atom. The first-order valence-electron chi connectivity index (χ1n) is 11.7. The molecule has 3 amide bonds. The largest absolute Gasteiger partial charge is 0.323 e. The molecule has 36 heavy (non-hydrogen) atoms. The minimum Gasteiger partial charge on any atom is -0.322 e. The molecule has 1 unspecified atom stereocenters. The monoisotopic (exact) mass is 494 g/mol. The van der Waals surface area contributed by atoms with Crippen LogP contribution in [0.1, 0.15) is 24.0 Å². The van der Waals surface area contributed by atoms with Crippen LogP contribution in [0.25, 0.3) is 0 Å². The van der Waals surface area contributed by atoms with E-state index < -0.39 is 0 Å². The first kappa shape index (κ1) is 23.6. The Morgan fingerprint density at radius 2 is 1.50 bits per heavy atom. The van der Waals surface area contributed by atoms with Crippen LogP contribution in [0.4, 0.5) is 16.2 Å². The molecule has 0 aliphatic carbocycles. The van der Waals surface area contributed by atoms with Crippen molar-refractivity contribution in [2.24, 2.45) is 4.99 Å². The molecule has 0 spiro atoms. The third kappa shape index (κ3) is 4.83. The van der Waals surface area contributed by atoms with Crippen molar-refractivity contribution in [3.8, 4) is 0 Å². The van der Waals surface area contributed by atoms with Gasteiger partial charge in [0.25, 0.3) is 5.91 Å². The average Bonchev–Trinajstić information content (AvgIpc) is 3.27. The number of nitrogens with zero attached hydrogens (tertiary/aromatic N) is 1. The number of aryl methyl sites for hydroxylation is 1. The lowest BCUT2D eigenvalue weighted by atomic mass is 9.81. The topological polar surface area (TPSA) is 82.6 Å². The second-order valence-electron chi connectivity index (χ2n) is 8.65. The second-order valence-corrected chi connectivity index (χ2v) is 9.62. The summed E-state index contributed by atoms with van der Waals surface area (Å²) in [6.45, 7) is 3.82. The van der Waals surface area contributed by atoms with Crippen LogP contribution in [0.5, 0.6) is 0 Å². The number of hydrogen-bond acceptors (Lipinski definition) is 4. The van der Waals surface area contributed by atoms with E-state index in [1.165, 1.54) is 0 Å². The summed E-state index contributed by atoms with van der Waals surface area (Å²) in [6, 6.07) is 26.6. The van der Waals surface area contributed by atoms with Gasteiger partial charge in [-0.2, -0.15) is 0 Å². The third-order valence-corrected chi connectivity index (χ3v) is 7.23. The molecular formula is C29H26N4O2S. The number of nitrogens with one attached hydrogen (secondary N) is 3. The molecule has 0 radical (unpaired) electrons. The zero-order valence-corrected chi connectivity index (χ0v) is 20.9. The quantitative estimate of drug-likeness (QED) is 0.393. The molecule has 2 heterocycles. The molecule has 0 saturated heterocycles. The second kappa shape index (κ2) is 10.3. The summed E-state index contributed by atoms with van der Waals surface area (Å²) >= 11 is 1.57. The zero-order valence-electron chi connectivity index (χ0n) is 20.0. The number of amides is 3. The number of hydrogen-bond donors (Lipinski definition) is 3. The van der Waals surface area contributed by atoms with E-state index in [0.29, 0.717) is 17.0 Å². The lowest BCUT2D eigenvalue weighted by Crippen LogP contribution is -2.32. The predicted octanol–water partition coefficient (Wildman–Crippen LogP) is 6.23. The molecule has 180 valence electrons. The summed E-state index contributed by atoms with van der Waals surface area (Å²) in [5.74, 6) is 0.00848. The van der Waals surface area contributed by atoms with Crippen molar-refractivity contribution >= 4 is 40.1 Å². The van der Waals surface area contributed by atoms with Gasteiger partial charge in [-0.05, 0) is 43.2 Å². The standard InChI is InChI=1S/C29H26N4O2S/c1-18-11-9-10-16-22(18)32-29(35)33-23-17-36-28-26(23)25(20-12-5-3-6-13-20)24(19(2)30-28)27(34)31-21-14-7-4-8-15-21/h3-16,25H,17H2,1-2H3,(H,31,34)(H2,32,33,35). The van der Waals surface area contributed by atoms with Gasteiger partial charge in [-0.1, -0.05) is 78.5 Å². The minimum absolute atomic E-state index is 0.205. The van der Waals surface area contributed by atoms with Crippen molar-refractivity contribution < 1.29 is 9.59 Å². The van der Waals surface area contributed by atoms with Gasteiger partial charge in [-0.15, -0.1) is 0 Å². The molecule has 1 atom stereocenters. The summed E-state index contributed by atoms with van der Waals surface area (Å²) in [6.07, 6.45) is 0. The Balaban J connectivity index is 1.51. The van der Waals surface area contributed by atoms with Crippen LogP contribution < -0.4 is 16.0 Å². The van der Waals surface area contributed by atoms with Gasteiger partial charge in [0.05, 0.1) is 5.57 Å². The number of allylic oxidation sites excluding steroid dienone is 1. The number of aliphatic imine (C=N–C) groups is 1. The van der Waals surface area contributed by atoms with E-state index >= 15 is 0 Å². The Kier molecular flexibility index (Phi) is 6.73. The van der Waals surface area contributed by atoms with E-state index in [1.807, 2.05) is 98.8 Å². The summed E-state index contributed by atoms with van der Waals surface area (Å²) in [5, 5.41) is 9.85. The SMILES string of the molecule is CC1=C(C(=O)Nc2ccccc2)C(c2ccccc2)C2=C(NC(=O)Nc3ccccc3C)CSC2=N1. The maximum Gasteiger partial charge on any atom is 0.323 e. The molecule has 0 aromatic heterocycles. The number of carbonyl (C=O) groups is 2. The molecule has 0 saturated carbocycles. The summed E-state index contributed by atoms with van der Waals surface area (Å²) in [7, 11) is 0. The Bertz CT molecular complexity index is 1410. The van der Waals surface area contributed by atoms with Gasteiger partial charge in [-0.3, -0.25) is 4.79 Å². The van der Waals surface area contributed by atoms with Gasteiger partial charge in [0.1, 0.15) is 5.04 Å². The zero-order chi connectivity index (χ0) is 25.1. The first-order chi connectivity index (χ1) is 17.5. The van der Waals surface area contributed by atoms with Crippen molar-refractivity contribution in [2.45, 2.75) is 19.8 Å². The average molecular weight is 495 g/mol. The van der Waals surface area contributed by atoms with Gasteiger partial charge in [0, 0.05) is 40.0 Å². The number of anilines is 2. The van der Waals surface area contributed by atoms with Crippen LogP contribution in [0.3, 0.4) is 0 Å². The molecule has 2 aliphatic rings. The number of rotatable bonds is 5. The van der Waals surface area contributed by atoms with E-state index in [4.69, 9.17) is 4.99 Å². The molecule has 6 nitrogen and oxygen atoms in total. The van der Waals surface area contributed by atoms with E-state index in [9.17, 15) is 9.59 Å². The molecular weight excluding hydrogens is 468 g/mol. The van der Waals surface area contributed by atoms with E-state index in [-0.39, 0.29) is 17.9 Å². The normalized spacial score (nSPS) is 16.8. The van der Waals surface area contributed by atoms with Gasteiger partial charge in [0.2, 0.25) is 0 Å². The van der Waals surface area contributed by atoms with Crippen LogP contribution in [0.2, 0.25) is 0 Å². The third-order valence-electron chi connectivity index (χ3n) is 6.21. The Labute approximate surface area is 214 Å². The highest BCUT2D eigenvalue weighted by molar-refractivity contribution is 8.15. The van der Waals surface area contributed by atoms with Crippen LogP contribution in [-0.2, 0) is 4.79 Å². The summed E-state index contributed by atoms with van der Waals surface area (Å²) < 4.78 is 0. The lowest BCUT2D eigenvalue weighted by Gasteiger charge is -2.28. The lowest BCUT2D eigenvalue weighted by molar-refractivity contribution is -0.113. The van der Waals surface area contributed by atoms with E-state index in [1.54, 1.807) is 11.8 Å². The number of thioether (sulfide) groups is 1. The first-order valence-corrected chi connectivity index (χ1v) is 12.7. The predicted molar refractivity (Wildman–Crippen MR) is 147 cm³/mol. The number of fused-ring (bicyclic) bond motifs is 1. The Morgan fingerprint density at radius 1 is 0.833 bits per heavy atom. The molecule has 0 fully saturated rings. The molecule has 3 aromatic rings. The minimum atomic E-state index is -0.355. The molecule has 3 N–H and O–H groups in total. The van der Waals surface area contributed by atoms with Crippen LogP contribution in [-0.4, -0.2) is 22.7 Å². The highest BCUT2D eigenvalue weighted by Gasteiger charge is 2.39. The smallest absolute Gasteiger partial charge is 0.322 e. The van der Waals surface area contributed by atoms with Crippen molar-refractivity contribution in [2.75, 3.05) is 16.4 Å². The number of benzene rings is 3. The van der Waals surface area contributed by atoms with Gasteiger partial charge in [-0.25, -0.2) is 9.79 Å². The molecule has 5 rings (SSSR count). The fraction of sp³-hybridized carbons (Fsp3) is 0.138. The maximum absolute atomic E-state index is 13.6. The summed E-state index contributed by atoms with van der Waals surface area (Å²) in [5.41, 5.74) is 6.30. The van der Waals surface area contributed by atoms with Gasteiger partial charge < -0.3 is 16.0 Å². The fourth-order valence-electron chi connectivity index (χ4n) is 4.48. The maximum atomic E-state index is 13.6. The Hall–Kier alpha value is -4.10. The van der Waals surface area contributed by atoms with E-state index in [2.05, 4.69) is 16.0 Å². The van der Waals surface area contributed by atoms with Crippen LogP contribution >= 0.6 is 11.8 Å². The van der Waals surface area contributed by atoms with Crippen molar-refractivity contribution in [3.63, 3.8) is 0 Å². The molecule has 3 aromatic carbocycles. The number of para-hydroxylation sites is 2. The molecule has 7 heteroatoms. The molecule has 2 aliphatic heterocycles. The number of urea groups is 1. The van der Waals surface area contributed by atoms with Gasteiger partial charge >= 0.3 is 6.03 Å². The molecule has 0 bridgehead atoms. The van der Waals surface area contributed by atoms with Gasteiger partial charge in [0.15, 0.2) is 0 Å². The number of carbonyl (C=O) groups excluding carboxylic acids is 2. The highest BCUT2D eigenvalue weighted by atomic mass is 32.2. The van der Waals surface area contributed by atoms with Crippen LogP contribution in [0, 0.1) is 6.92 Å². The van der Waals surface area contributed by atoms with Crippen molar-refractivity contribution in [1.82, 2.24) is 5.32 Å². The van der Waals surface area contributed by atoms with Crippen molar-refractivity contribution in [3.05, 3.63) is 119 Å². The van der Waals surface area contributed by atoms with E-state index in [0.717, 1.165) is 38.8 Å². The highest BCUT2D eigenvalue weighted by Crippen LogP contribution is 2.45. The van der Waals surface area contributed by atoms with Crippen LogP contribution in [0.15, 0.2) is 112 Å². The van der Waals surface area contributed by atoms with Crippen molar-refractivity contribution in [1.29, 1.82) is 0 Å². The fourth-order valence-corrected chi connectivity index (χ4v) is 5.59.